The largest absolute Gasteiger partial charge is 0.343 e. The number of carbonyl (C=O) groups is 2. The van der Waals surface area contributed by atoms with Crippen molar-refractivity contribution in [3.8, 4) is 0 Å². The van der Waals surface area contributed by atoms with Gasteiger partial charge in [-0.05, 0) is 25.0 Å². The Labute approximate surface area is 157 Å². The summed E-state index contributed by atoms with van der Waals surface area (Å²) in [7, 11) is 0. The number of anilines is 1. The van der Waals surface area contributed by atoms with Crippen molar-refractivity contribution in [1.29, 1.82) is 0 Å². The Morgan fingerprint density at radius 1 is 1.36 bits per heavy atom. The number of nitrogens with one attached hydrogen (secondary N) is 2. The van der Waals surface area contributed by atoms with E-state index in [2.05, 4.69) is 15.6 Å². The molecule has 1 unspecified atom stereocenters. The lowest BCUT2D eigenvalue weighted by Gasteiger charge is -2.33. The fraction of sp³-hybridized carbons (Fsp3) is 0.588. The van der Waals surface area contributed by atoms with Crippen molar-refractivity contribution in [2.75, 3.05) is 36.5 Å². The second kappa shape index (κ2) is 8.87. The van der Waals surface area contributed by atoms with Gasteiger partial charge in [0.15, 0.2) is 0 Å². The smallest absolute Gasteiger partial charge is 0.228 e. The lowest BCUT2D eigenvalue weighted by molar-refractivity contribution is -0.134. The molecule has 3 rings (SSSR count). The first-order chi connectivity index (χ1) is 12.1. The van der Waals surface area contributed by atoms with E-state index in [-0.39, 0.29) is 23.8 Å². The normalized spacial score (nSPS) is 21.8. The summed E-state index contributed by atoms with van der Waals surface area (Å²) in [4.78, 5) is 30.7. The van der Waals surface area contributed by atoms with Crippen molar-refractivity contribution in [3.05, 3.63) is 23.4 Å². The Hall–Kier alpha value is -1.31. The average Bonchev–Trinajstić information content (AvgIpc) is 2.64. The van der Waals surface area contributed by atoms with Gasteiger partial charge in [-0.25, -0.2) is 4.98 Å². The van der Waals surface area contributed by atoms with Gasteiger partial charge >= 0.3 is 0 Å². The fourth-order valence-corrected chi connectivity index (χ4v) is 4.22. The molecule has 2 N–H and O–H groups in total. The molecule has 2 aliphatic heterocycles. The molecule has 2 amide bonds. The lowest BCUT2D eigenvalue weighted by Crippen LogP contribution is -2.45. The van der Waals surface area contributed by atoms with E-state index in [4.69, 9.17) is 11.6 Å². The van der Waals surface area contributed by atoms with Gasteiger partial charge < -0.3 is 15.5 Å². The minimum Gasteiger partial charge on any atom is -0.343 e. The summed E-state index contributed by atoms with van der Waals surface area (Å²) < 4.78 is 0. The molecule has 25 heavy (non-hydrogen) atoms. The van der Waals surface area contributed by atoms with Gasteiger partial charge in [0, 0.05) is 55.7 Å². The third-order valence-electron chi connectivity index (χ3n) is 4.62. The molecule has 3 heterocycles. The number of piperidine rings is 1. The molecule has 1 atom stereocenters. The van der Waals surface area contributed by atoms with Gasteiger partial charge in [0.25, 0.3) is 0 Å². The molecule has 0 saturated carbocycles. The minimum absolute atomic E-state index is 0.0349. The molecule has 2 fully saturated rings. The van der Waals surface area contributed by atoms with Crippen LogP contribution in [0.25, 0.3) is 0 Å². The molecule has 2 aliphatic rings. The highest BCUT2D eigenvalue weighted by atomic mass is 35.5. The summed E-state index contributed by atoms with van der Waals surface area (Å²) in [5.41, 5.74) is 0. The van der Waals surface area contributed by atoms with Gasteiger partial charge in [0.1, 0.15) is 5.82 Å². The summed E-state index contributed by atoms with van der Waals surface area (Å²) >= 11 is 7.69. The Balaban J connectivity index is 1.43. The number of likely N-dealkylation sites (tertiary alicyclic amines) is 1. The van der Waals surface area contributed by atoms with Crippen LogP contribution in [-0.2, 0) is 9.59 Å². The van der Waals surface area contributed by atoms with E-state index in [0.29, 0.717) is 43.2 Å². The van der Waals surface area contributed by atoms with Crippen LogP contribution in [0.15, 0.2) is 18.3 Å². The van der Waals surface area contributed by atoms with E-state index < -0.39 is 0 Å². The molecular formula is C17H23ClN4O2S. The number of hydrogen-bond donors (Lipinski definition) is 2. The van der Waals surface area contributed by atoms with Crippen LogP contribution in [0.2, 0.25) is 5.02 Å². The number of aromatic nitrogens is 1. The van der Waals surface area contributed by atoms with Crippen molar-refractivity contribution in [2.45, 2.75) is 25.3 Å². The zero-order chi connectivity index (χ0) is 17.6. The Morgan fingerprint density at radius 2 is 2.16 bits per heavy atom. The van der Waals surface area contributed by atoms with Crippen LogP contribution in [0.4, 0.5) is 5.82 Å². The maximum atomic E-state index is 12.4. The van der Waals surface area contributed by atoms with Crippen LogP contribution < -0.4 is 10.6 Å². The van der Waals surface area contributed by atoms with Crippen molar-refractivity contribution in [3.63, 3.8) is 0 Å². The minimum atomic E-state index is -0.0788. The highest BCUT2D eigenvalue weighted by molar-refractivity contribution is 7.99. The number of hydrogen-bond acceptors (Lipinski definition) is 5. The molecule has 1 aromatic rings. The summed E-state index contributed by atoms with van der Waals surface area (Å²) in [6.45, 7) is 2.26. The van der Waals surface area contributed by atoms with Gasteiger partial charge in [-0.1, -0.05) is 11.6 Å². The standard InChI is InChI=1S/C17H23ClN4O2S/c18-13-1-2-15(20-10-13)21-17(24)12-3-6-22(7-4-12)16(23)9-14-11-25-8-5-19-14/h1-2,10,12,14,19H,3-9,11H2,(H,20,21,24). The molecule has 8 heteroatoms. The van der Waals surface area contributed by atoms with Gasteiger partial charge in [-0.3, -0.25) is 9.59 Å². The number of thioether (sulfide) groups is 1. The predicted octanol–water partition coefficient (Wildman–Crippen LogP) is 2.01. The van der Waals surface area contributed by atoms with Crippen molar-refractivity contribution >= 4 is 41.0 Å². The van der Waals surface area contributed by atoms with Crippen molar-refractivity contribution in [1.82, 2.24) is 15.2 Å². The molecule has 0 spiro atoms. The first-order valence-electron chi connectivity index (χ1n) is 8.63. The van der Waals surface area contributed by atoms with Gasteiger partial charge in [-0.15, -0.1) is 0 Å². The zero-order valence-electron chi connectivity index (χ0n) is 14.0. The van der Waals surface area contributed by atoms with Crippen LogP contribution in [0.5, 0.6) is 0 Å². The Morgan fingerprint density at radius 3 is 2.80 bits per heavy atom. The molecule has 2 saturated heterocycles. The number of nitrogens with zero attached hydrogens (tertiary/aromatic N) is 2. The number of rotatable bonds is 4. The molecule has 0 radical (unpaired) electrons. The maximum absolute atomic E-state index is 12.4. The van der Waals surface area contributed by atoms with Crippen LogP contribution in [0, 0.1) is 5.92 Å². The summed E-state index contributed by atoms with van der Waals surface area (Å²) in [5, 5.41) is 6.76. The van der Waals surface area contributed by atoms with Crippen LogP contribution >= 0.6 is 23.4 Å². The SMILES string of the molecule is O=C(Nc1ccc(Cl)cn1)C1CCN(C(=O)CC2CSCCN2)CC1. The molecule has 136 valence electrons. The Kier molecular flexibility index (Phi) is 6.56. The molecule has 1 aromatic heterocycles. The van der Waals surface area contributed by atoms with E-state index in [1.165, 1.54) is 6.20 Å². The summed E-state index contributed by atoms with van der Waals surface area (Å²) in [6, 6.07) is 3.67. The van der Waals surface area contributed by atoms with E-state index in [9.17, 15) is 9.59 Å². The lowest BCUT2D eigenvalue weighted by atomic mass is 9.95. The molecule has 0 aliphatic carbocycles. The zero-order valence-corrected chi connectivity index (χ0v) is 15.6. The maximum Gasteiger partial charge on any atom is 0.228 e. The average molecular weight is 383 g/mol. The topological polar surface area (TPSA) is 74.3 Å². The number of amides is 2. The fourth-order valence-electron chi connectivity index (χ4n) is 3.16. The summed E-state index contributed by atoms with van der Waals surface area (Å²) in [5.74, 6) is 2.70. The number of pyridine rings is 1. The van der Waals surface area contributed by atoms with E-state index >= 15 is 0 Å². The molecule has 0 aromatic carbocycles. The second-order valence-corrected chi connectivity index (χ2v) is 8.02. The number of halogens is 1. The Bertz CT molecular complexity index is 599. The molecule has 0 bridgehead atoms. The first kappa shape index (κ1) is 18.5. The predicted molar refractivity (Wildman–Crippen MR) is 101 cm³/mol. The van der Waals surface area contributed by atoms with E-state index in [1.807, 2.05) is 16.7 Å². The third kappa shape index (κ3) is 5.33. The van der Waals surface area contributed by atoms with Crippen molar-refractivity contribution in [2.24, 2.45) is 5.92 Å². The van der Waals surface area contributed by atoms with Crippen LogP contribution in [-0.4, -0.2) is 58.9 Å². The monoisotopic (exact) mass is 382 g/mol. The van der Waals surface area contributed by atoms with Crippen molar-refractivity contribution < 1.29 is 9.59 Å². The first-order valence-corrected chi connectivity index (χ1v) is 10.2. The van der Waals surface area contributed by atoms with Gasteiger partial charge in [0.05, 0.1) is 5.02 Å². The molecular weight excluding hydrogens is 360 g/mol. The second-order valence-electron chi connectivity index (χ2n) is 6.44. The quantitative estimate of drug-likeness (QED) is 0.833. The molecule has 6 nitrogen and oxygen atoms in total. The third-order valence-corrected chi connectivity index (χ3v) is 5.97. The van der Waals surface area contributed by atoms with Crippen LogP contribution in [0.1, 0.15) is 19.3 Å². The van der Waals surface area contributed by atoms with Crippen LogP contribution in [0.3, 0.4) is 0 Å². The number of carbonyl (C=O) groups excluding carboxylic acids is 2. The highest BCUT2D eigenvalue weighted by Gasteiger charge is 2.28. The highest BCUT2D eigenvalue weighted by Crippen LogP contribution is 2.21. The van der Waals surface area contributed by atoms with E-state index in [1.54, 1.807) is 12.1 Å². The van der Waals surface area contributed by atoms with Gasteiger partial charge in [-0.2, -0.15) is 11.8 Å². The van der Waals surface area contributed by atoms with Gasteiger partial charge in [0.2, 0.25) is 11.8 Å². The summed E-state index contributed by atoms with van der Waals surface area (Å²) in [6.07, 6.45) is 3.45. The van der Waals surface area contributed by atoms with E-state index in [0.717, 1.165) is 18.1 Å².